The van der Waals surface area contributed by atoms with Gasteiger partial charge in [0.25, 0.3) is 0 Å². The second kappa shape index (κ2) is 6.55. The Hall–Kier alpha value is -1.84. The van der Waals surface area contributed by atoms with E-state index in [0.717, 1.165) is 30.9 Å². The molecular weight excluding hydrogens is 253 g/mol. The average Bonchev–Trinajstić information content (AvgIpc) is 3.23. The van der Waals surface area contributed by atoms with E-state index in [1.54, 1.807) is 18.2 Å². The van der Waals surface area contributed by atoms with Gasteiger partial charge in [-0.3, -0.25) is 4.99 Å². The van der Waals surface area contributed by atoms with Crippen molar-refractivity contribution in [3.05, 3.63) is 48.3 Å². The zero-order chi connectivity index (χ0) is 14.4. The lowest BCUT2D eigenvalue weighted by molar-refractivity contribution is 0.616. The third kappa shape index (κ3) is 3.59. The van der Waals surface area contributed by atoms with Crippen LogP contribution in [-0.2, 0) is 5.41 Å². The molecule has 1 aliphatic carbocycles. The third-order valence-corrected chi connectivity index (χ3v) is 3.59. The van der Waals surface area contributed by atoms with E-state index in [2.05, 4.69) is 22.2 Å². The van der Waals surface area contributed by atoms with Gasteiger partial charge in [0.05, 0.1) is 6.54 Å². The van der Waals surface area contributed by atoms with Crippen molar-refractivity contribution in [3.63, 3.8) is 0 Å². The molecule has 1 aliphatic rings. The lowest BCUT2D eigenvalue weighted by Gasteiger charge is -2.15. The van der Waals surface area contributed by atoms with Crippen molar-refractivity contribution >= 4 is 5.96 Å². The molecule has 1 fully saturated rings. The van der Waals surface area contributed by atoms with Crippen molar-refractivity contribution in [2.75, 3.05) is 19.6 Å². The summed E-state index contributed by atoms with van der Waals surface area (Å²) in [6, 6.07) is 6.89. The van der Waals surface area contributed by atoms with Gasteiger partial charge < -0.3 is 10.6 Å². The molecule has 1 saturated carbocycles. The molecule has 1 aromatic rings. The van der Waals surface area contributed by atoms with Gasteiger partial charge in [-0.1, -0.05) is 18.2 Å². The first-order valence-corrected chi connectivity index (χ1v) is 7.09. The second-order valence-electron chi connectivity index (χ2n) is 5.16. The van der Waals surface area contributed by atoms with Gasteiger partial charge in [-0.05, 0) is 37.5 Å². The van der Waals surface area contributed by atoms with Gasteiger partial charge in [0.2, 0.25) is 0 Å². The topological polar surface area (TPSA) is 36.4 Å². The maximum absolute atomic E-state index is 13.3. The van der Waals surface area contributed by atoms with Gasteiger partial charge in [0.15, 0.2) is 5.96 Å². The Bertz CT molecular complexity index is 492. The number of nitrogens with zero attached hydrogens (tertiary/aromatic N) is 1. The summed E-state index contributed by atoms with van der Waals surface area (Å²) < 4.78 is 13.3. The van der Waals surface area contributed by atoms with Crippen LogP contribution in [0.25, 0.3) is 0 Å². The molecule has 3 nitrogen and oxygen atoms in total. The molecule has 2 rings (SSSR count). The summed E-state index contributed by atoms with van der Waals surface area (Å²) in [4.78, 5) is 4.62. The molecule has 20 heavy (non-hydrogen) atoms. The predicted octanol–water partition coefficient (Wildman–Crippen LogP) is 2.60. The number of rotatable bonds is 6. The first-order chi connectivity index (χ1) is 9.70. The molecule has 4 heteroatoms. The van der Waals surface area contributed by atoms with E-state index in [9.17, 15) is 4.39 Å². The van der Waals surface area contributed by atoms with Crippen molar-refractivity contribution in [2.24, 2.45) is 4.99 Å². The van der Waals surface area contributed by atoms with Crippen LogP contribution in [0.15, 0.2) is 41.9 Å². The number of halogens is 1. The summed E-state index contributed by atoms with van der Waals surface area (Å²) in [5.74, 6) is 0.615. The van der Waals surface area contributed by atoms with Crippen LogP contribution in [0.5, 0.6) is 0 Å². The van der Waals surface area contributed by atoms with Gasteiger partial charge >= 0.3 is 0 Å². The number of aliphatic imine (C=N–C) groups is 1. The molecule has 0 heterocycles. The highest BCUT2D eigenvalue weighted by molar-refractivity contribution is 5.80. The number of hydrogen-bond acceptors (Lipinski definition) is 1. The summed E-state index contributed by atoms with van der Waals surface area (Å²) in [6.07, 6.45) is 3.94. The predicted molar refractivity (Wildman–Crippen MR) is 81.5 cm³/mol. The zero-order valence-corrected chi connectivity index (χ0v) is 12.0. The van der Waals surface area contributed by atoms with E-state index in [0.29, 0.717) is 13.1 Å². The van der Waals surface area contributed by atoms with Crippen molar-refractivity contribution in [3.8, 4) is 0 Å². The highest BCUT2D eigenvalue weighted by Crippen LogP contribution is 2.48. The van der Waals surface area contributed by atoms with E-state index < -0.39 is 0 Å². The molecule has 0 amide bonds. The lowest BCUT2D eigenvalue weighted by atomic mass is 9.96. The number of guanidine groups is 1. The Balaban J connectivity index is 2.05. The van der Waals surface area contributed by atoms with Crippen LogP contribution in [0.1, 0.15) is 25.3 Å². The SMILES string of the molecule is C=CCNC(=NCC1(c2cccc(F)c2)CC1)NCC. The standard InChI is InChI=1S/C16H22FN3/c1-3-10-19-15(18-4-2)20-12-16(8-9-16)13-6-5-7-14(17)11-13/h3,5-7,11H,1,4,8-10,12H2,2H3,(H2,18,19,20). The Morgan fingerprint density at radius 2 is 2.25 bits per heavy atom. The molecular formula is C16H22FN3. The normalized spacial score (nSPS) is 16.6. The smallest absolute Gasteiger partial charge is 0.191 e. The van der Waals surface area contributed by atoms with E-state index in [4.69, 9.17) is 0 Å². The molecule has 108 valence electrons. The van der Waals surface area contributed by atoms with E-state index >= 15 is 0 Å². The van der Waals surface area contributed by atoms with Gasteiger partial charge in [0, 0.05) is 18.5 Å². The van der Waals surface area contributed by atoms with Crippen molar-refractivity contribution < 1.29 is 4.39 Å². The molecule has 1 aromatic carbocycles. The van der Waals surface area contributed by atoms with E-state index in [1.807, 2.05) is 13.0 Å². The molecule has 0 atom stereocenters. The summed E-state index contributed by atoms with van der Waals surface area (Å²) in [7, 11) is 0. The second-order valence-corrected chi connectivity index (χ2v) is 5.16. The minimum atomic E-state index is -0.172. The molecule has 0 radical (unpaired) electrons. The van der Waals surface area contributed by atoms with Crippen molar-refractivity contribution in [1.29, 1.82) is 0 Å². The molecule has 0 spiro atoms. The van der Waals surface area contributed by atoms with Crippen LogP contribution in [0.3, 0.4) is 0 Å². The highest BCUT2D eigenvalue weighted by Gasteiger charge is 2.44. The fraction of sp³-hybridized carbons (Fsp3) is 0.438. The maximum Gasteiger partial charge on any atom is 0.191 e. The Morgan fingerprint density at radius 1 is 1.45 bits per heavy atom. The zero-order valence-electron chi connectivity index (χ0n) is 12.0. The van der Waals surface area contributed by atoms with Crippen LogP contribution in [0.4, 0.5) is 4.39 Å². The average molecular weight is 275 g/mol. The van der Waals surface area contributed by atoms with E-state index in [-0.39, 0.29) is 11.2 Å². The highest BCUT2D eigenvalue weighted by atomic mass is 19.1. The molecule has 0 aliphatic heterocycles. The van der Waals surface area contributed by atoms with E-state index in [1.165, 1.54) is 6.07 Å². The van der Waals surface area contributed by atoms with Crippen molar-refractivity contribution in [2.45, 2.75) is 25.2 Å². The molecule has 0 unspecified atom stereocenters. The Kier molecular flexibility index (Phi) is 4.77. The Morgan fingerprint density at radius 3 is 2.85 bits per heavy atom. The molecule has 0 saturated heterocycles. The monoisotopic (exact) mass is 275 g/mol. The summed E-state index contributed by atoms with van der Waals surface area (Å²) in [5.41, 5.74) is 1.08. The largest absolute Gasteiger partial charge is 0.357 e. The molecule has 2 N–H and O–H groups in total. The first kappa shape index (κ1) is 14.6. The van der Waals surface area contributed by atoms with Crippen LogP contribution in [0, 0.1) is 5.82 Å². The van der Waals surface area contributed by atoms with Crippen LogP contribution < -0.4 is 10.6 Å². The number of hydrogen-bond donors (Lipinski definition) is 2. The Labute approximate surface area is 120 Å². The van der Waals surface area contributed by atoms with Gasteiger partial charge in [-0.2, -0.15) is 0 Å². The van der Waals surface area contributed by atoms with Gasteiger partial charge in [0.1, 0.15) is 5.82 Å². The fourth-order valence-electron chi connectivity index (χ4n) is 2.25. The first-order valence-electron chi connectivity index (χ1n) is 7.09. The quantitative estimate of drug-likeness (QED) is 0.475. The van der Waals surface area contributed by atoms with Crippen molar-refractivity contribution in [1.82, 2.24) is 10.6 Å². The molecule has 0 aromatic heterocycles. The minimum absolute atomic E-state index is 0.0264. The lowest BCUT2D eigenvalue weighted by Crippen LogP contribution is -2.38. The minimum Gasteiger partial charge on any atom is -0.357 e. The van der Waals surface area contributed by atoms with Gasteiger partial charge in [-0.15, -0.1) is 6.58 Å². The summed E-state index contributed by atoms with van der Waals surface area (Å²) in [6.45, 7) is 7.89. The van der Waals surface area contributed by atoms with Gasteiger partial charge in [-0.25, -0.2) is 4.39 Å². The molecule has 0 bridgehead atoms. The van der Waals surface area contributed by atoms with Crippen LogP contribution in [-0.4, -0.2) is 25.6 Å². The fourth-order valence-corrected chi connectivity index (χ4v) is 2.25. The summed E-state index contributed by atoms with van der Waals surface area (Å²) >= 11 is 0. The van der Waals surface area contributed by atoms with Crippen LogP contribution in [0.2, 0.25) is 0 Å². The third-order valence-electron chi connectivity index (χ3n) is 3.59. The van der Waals surface area contributed by atoms with Crippen LogP contribution >= 0.6 is 0 Å². The number of nitrogens with one attached hydrogen (secondary N) is 2. The summed E-state index contributed by atoms with van der Waals surface area (Å²) in [5, 5.41) is 6.38. The number of benzene rings is 1. The maximum atomic E-state index is 13.3.